The van der Waals surface area contributed by atoms with Crippen LogP contribution in [0.4, 0.5) is 13.2 Å². The van der Waals surface area contributed by atoms with Crippen LogP contribution in [0.2, 0.25) is 0 Å². The van der Waals surface area contributed by atoms with Crippen molar-refractivity contribution in [1.29, 1.82) is 0 Å². The molecule has 1 aromatic rings. The maximum absolute atomic E-state index is 12.4. The summed E-state index contributed by atoms with van der Waals surface area (Å²) < 4.78 is 63.5. The highest BCUT2D eigenvalue weighted by molar-refractivity contribution is 7.87. The molecular weight excluding hydrogens is 319 g/mol. The molecule has 8 heteroatoms. The van der Waals surface area contributed by atoms with E-state index in [0.717, 1.165) is 5.56 Å². The van der Waals surface area contributed by atoms with Gasteiger partial charge in [0.2, 0.25) is 0 Å². The molecule has 0 saturated heterocycles. The monoisotopic (exact) mass is 335 g/mol. The fourth-order valence-electron chi connectivity index (χ4n) is 2.29. The highest BCUT2D eigenvalue weighted by Crippen LogP contribution is 2.30. The van der Waals surface area contributed by atoms with Gasteiger partial charge in [0.1, 0.15) is 5.76 Å². The standard InChI is InChI=1S/C14H16F3NO3S/c1-11-7-13(21-22(19,20)14(15,16)17)10-18(8-11)9-12-5-3-2-4-6-12/h2-6,10-11H,7-9H2,1H3. The van der Waals surface area contributed by atoms with Gasteiger partial charge in [0, 0.05) is 25.7 Å². The molecule has 1 unspecified atom stereocenters. The average molecular weight is 335 g/mol. The van der Waals surface area contributed by atoms with E-state index in [1.165, 1.54) is 6.20 Å². The molecule has 1 aromatic carbocycles. The predicted molar refractivity (Wildman–Crippen MR) is 74.8 cm³/mol. The molecule has 1 aliphatic rings. The van der Waals surface area contributed by atoms with E-state index >= 15 is 0 Å². The van der Waals surface area contributed by atoms with Gasteiger partial charge in [-0.3, -0.25) is 0 Å². The van der Waals surface area contributed by atoms with Crippen molar-refractivity contribution in [3.63, 3.8) is 0 Å². The first-order chi connectivity index (χ1) is 10.2. The minimum Gasteiger partial charge on any atom is -0.379 e. The Morgan fingerprint density at radius 3 is 2.50 bits per heavy atom. The Kier molecular flexibility index (Phi) is 4.69. The van der Waals surface area contributed by atoms with Crippen LogP contribution in [0.25, 0.3) is 0 Å². The van der Waals surface area contributed by atoms with Crippen LogP contribution < -0.4 is 0 Å². The third-order valence-electron chi connectivity index (χ3n) is 3.15. The Hall–Kier alpha value is -1.70. The van der Waals surface area contributed by atoms with E-state index in [0.29, 0.717) is 13.1 Å². The van der Waals surface area contributed by atoms with Crippen molar-refractivity contribution in [2.45, 2.75) is 25.4 Å². The van der Waals surface area contributed by atoms with Crippen LogP contribution in [-0.4, -0.2) is 25.4 Å². The molecule has 0 aromatic heterocycles. The van der Waals surface area contributed by atoms with E-state index in [4.69, 9.17) is 0 Å². The molecule has 0 fully saturated rings. The first kappa shape index (κ1) is 16.7. The van der Waals surface area contributed by atoms with Crippen molar-refractivity contribution in [3.05, 3.63) is 47.9 Å². The van der Waals surface area contributed by atoms with Crippen molar-refractivity contribution in [2.24, 2.45) is 5.92 Å². The molecule has 4 nitrogen and oxygen atoms in total. The predicted octanol–water partition coefficient (Wildman–Crippen LogP) is 3.24. The van der Waals surface area contributed by atoms with Gasteiger partial charge in [0.25, 0.3) is 0 Å². The molecule has 0 N–H and O–H groups in total. The number of hydrogen-bond donors (Lipinski definition) is 0. The van der Waals surface area contributed by atoms with Gasteiger partial charge in [-0.25, -0.2) is 0 Å². The maximum Gasteiger partial charge on any atom is 0.534 e. The zero-order valence-electron chi connectivity index (χ0n) is 11.9. The van der Waals surface area contributed by atoms with Crippen molar-refractivity contribution in [3.8, 4) is 0 Å². The van der Waals surface area contributed by atoms with Crippen molar-refractivity contribution in [1.82, 2.24) is 4.90 Å². The smallest absolute Gasteiger partial charge is 0.379 e. The first-order valence-electron chi connectivity index (χ1n) is 6.67. The molecular formula is C14H16F3NO3S. The Bertz CT molecular complexity index is 641. The lowest BCUT2D eigenvalue weighted by atomic mass is 10.0. The average Bonchev–Trinajstić information content (AvgIpc) is 2.37. The van der Waals surface area contributed by atoms with Gasteiger partial charge < -0.3 is 9.08 Å². The molecule has 1 aliphatic heterocycles. The summed E-state index contributed by atoms with van der Waals surface area (Å²) in [6.45, 7) is 2.92. The molecule has 22 heavy (non-hydrogen) atoms. The molecule has 0 aliphatic carbocycles. The lowest BCUT2D eigenvalue weighted by Crippen LogP contribution is -2.31. The summed E-state index contributed by atoms with van der Waals surface area (Å²) in [4.78, 5) is 1.75. The third kappa shape index (κ3) is 4.16. The number of rotatable bonds is 4. The van der Waals surface area contributed by atoms with Crippen LogP contribution in [0, 0.1) is 5.92 Å². The van der Waals surface area contributed by atoms with Crippen molar-refractivity contribution < 1.29 is 25.8 Å². The Balaban J connectivity index is 2.14. The van der Waals surface area contributed by atoms with Crippen LogP contribution in [0.3, 0.4) is 0 Å². The molecule has 0 amide bonds. The summed E-state index contributed by atoms with van der Waals surface area (Å²) >= 11 is 0. The van der Waals surface area contributed by atoms with E-state index in [-0.39, 0.29) is 18.1 Å². The molecule has 0 radical (unpaired) electrons. The number of nitrogens with zero attached hydrogens (tertiary/aromatic N) is 1. The lowest BCUT2D eigenvalue weighted by molar-refractivity contribution is -0.0526. The lowest BCUT2D eigenvalue weighted by Gasteiger charge is -2.30. The molecule has 122 valence electrons. The Labute approximate surface area is 127 Å². The van der Waals surface area contributed by atoms with Crippen LogP contribution in [0.1, 0.15) is 18.9 Å². The molecule has 2 rings (SSSR count). The highest BCUT2D eigenvalue weighted by Gasteiger charge is 2.49. The van der Waals surface area contributed by atoms with Crippen LogP contribution in [0.15, 0.2) is 42.3 Å². The zero-order chi connectivity index (χ0) is 16.4. The second kappa shape index (κ2) is 6.20. The normalized spacial score (nSPS) is 19.7. The molecule has 0 saturated carbocycles. The second-order valence-corrected chi connectivity index (χ2v) is 6.84. The summed E-state index contributed by atoms with van der Waals surface area (Å²) in [6.07, 6.45) is 1.50. The van der Waals surface area contributed by atoms with Crippen LogP contribution in [0.5, 0.6) is 0 Å². The summed E-state index contributed by atoms with van der Waals surface area (Å²) in [7, 11) is -5.61. The molecule has 0 bridgehead atoms. The van der Waals surface area contributed by atoms with E-state index in [9.17, 15) is 21.6 Å². The Morgan fingerprint density at radius 1 is 1.27 bits per heavy atom. The Morgan fingerprint density at radius 2 is 1.91 bits per heavy atom. The summed E-state index contributed by atoms with van der Waals surface area (Å²) in [5, 5.41) is 0. The number of benzene rings is 1. The van der Waals surface area contributed by atoms with Gasteiger partial charge in [-0.15, -0.1) is 0 Å². The highest BCUT2D eigenvalue weighted by atomic mass is 32.2. The number of allylic oxidation sites excluding steroid dienone is 1. The first-order valence-corrected chi connectivity index (χ1v) is 8.07. The van der Waals surface area contributed by atoms with Gasteiger partial charge in [-0.1, -0.05) is 37.3 Å². The fourth-order valence-corrected chi connectivity index (χ4v) is 2.78. The quantitative estimate of drug-likeness (QED) is 0.626. The van der Waals surface area contributed by atoms with Gasteiger partial charge in [0.05, 0.1) is 0 Å². The summed E-state index contributed by atoms with van der Waals surface area (Å²) in [5.74, 6) is -0.195. The van der Waals surface area contributed by atoms with Gasteiger partial charge in [-0.2, -0.15) is 21.6 Å². The van der Waals surface area contributed by atoms with E-state index in [1.807, 2.05) is 37.3 Å². The fraction of sp³-hybridized carbons (Fsp3) is 0.429. The zero-order valence-corrected chi connectivity index (χ0v) is 12.7. The largest absolute Gasteiger partial charge is 0.534 e. The van der Waals surface area contributed by atoms with E-state index < -0.39 is 15.6 Å². The molecule has 1 atom stereocenters. The minimum absolute atomic E-state index is 0.00727. The van der Waals surface area contributed by atoms with Gasteiger partial charge in [-0.05, 0) is 11.5 Å². The van der Waals surface area contributed by atoms with Gasteiger partial charge >= 0.3 is 15.6 Å². The van der Waals surface area contributed by atoms with Gasteiger partial charge in [0.15, 0.2) is 0 Å². The number of halogens is 3. The van der Waals surface area contributed by atoms with E-state index in [2.05, 4.69) is 4.18 Å². The van der Waals surface area contributed by atoms with E-state index in [1.54, 1.807) is 4.90 Å². The minimum atomic E-state index is -5.61. The molecule has 0 spiro atoms. The molecule has 1 heterocycles. The van der Waals surface area contributed by atoms with Crippen LogP contribution >= 0.6 is 0 Å². The number of hydrogen-bond acceptors (Lipinski definition) is 4. The van der Waals surface area contributed by atoms with Crippen molar-refractivity contribution in [2.75, 3.05) is 6.54 Å². The van der Waals surface area contributed by atoms with Crippen molar-refractivity contribution >= 4 is 10.1 Å². The maximum atomic E-state index is 12.4. The van der Waals surface area contributed by atoms with Crippen LogP contribution in [-0.2, 0) is 20.8 Å². The SMILES string of the molecule is CC1CC(OS(=O)(=O)C(F)(F)F)=CN(Cc2ccccc2)C1. The number of alkyl halides is 3. The summed E-state index contributed by atoms with van der Waals surface area (Å²) in [5.41, 5.74) is -4.44. The summed E-state index contributed by atoms with van der Waals surface area (Å²) in [6, 6.07) is 9.36. The second-order valence-electron chi connectivity index (χ2n) is 5.30. The topological polar surface area (TPSA) is 46.6 Å². The third-order valence-corrected chi connectivity index (χ3v) is 4.15.